The molecule has 1 aromatic heterocycles. The first kappa shape index (κ1) is 30.6. The topological polar surface area (TPSA) is 120 Å². The summed E-state index contributed by atoms with van der Waals surface area (Å²) in [6.45, 7) is 0.225. The molecule has 0 radical (unpaired) electrons. The highest BCUT2D eigenvalue weighted by Crippen LogP contribution is 2.42. The van der Waals surface area contributed by atoms with Crippen LogP contribution in [0.5, 0.6) is 17.2 Å². The van der Waals surface area contributed by atoms with Gasteiger partial charge in [-0.2, -0.15) is 5.10 Å². The highest BCUT2D eigenvalue weighted by Gasteiger charge is 2.35. The van der Waals surface area contributed by atoms with Crippen molar-refractivity contribution in [3.63, 3.8) is 0 Å². The number of benzene rings is 3. The van der Waals surface area contributed by atoms with Crippen molar-refractivity contribution in [3.8, 4) is 17.2 Å². The molecule has 0 aliphatic carbocycles. The summed E-state index contributed by atoms with van der Waals surface area (Å²) in [6.07, 6.45) is 0.770. The fourth-order valence-corrected chi connectivity index (χ4v) is 5.74. The number of hydrogen-bond donors (Lipinski definition) is 1. The van der Waals surface area contributed by atoms with E-state index in [2.05, 4.69) is 15.5 Å². The van der Waals surface area contributed by atoms with Gasteiger partial charge in [0, 0.05) is 19.0 Å². The van der Waals surface area contributed by atoms with Crippen LogP contribution in [-0.2, 0) is 29.6 Å². The van der Waals surface area contributed by atoms with Gasteiger partial charge in [-0.25, -0.2) is 5.01 Å². The van der Waals surface area contributed by atoms with Gasteiger partial charge in [-0.1, -0.05) is 54.2 Å². The second-order valence-corrected chi connectivity index (χ2v) is 10.9. The van der Waals surface area contributed by atoms with Crippen molar-refractivity contribution in [3.05, 3.63) is 95.3 Å². The van der Waals surface area contributed by atoms with Crippen molar-refractivity contribution in [2.75, 3.05) is 27.1 Å². The van der Waals surface area contributed by atoms with Gasteiger partial charge in [-0.15, -0.1) is 10.2 Å². The Bertz CT molecular complexity index is 1640. The monoisotopic (exact) mass is 614 g/mol. The van der Waals surface area contributed by atoms with Gasteiger partial charge in [0.2, 0.25) is 5.91 Å². The summed E-state index contributed by atoms with van der Waals surface area (Å²) in [5.41, 5.74) is 3.40. The Morgan fingerprint density at radius 2 is 1.70 bits per heavy atom. The van der Waals surface area contributed by atoms with Gasteiger partial charge in [0.15, 0.2) is 22.5 Å². The van der Waals surface area contributed by atoms with E-state index in [1.54, 1.807) is 25.9 Å². The second kappa shape index (κ2) is 14.1. The highest BCUT2D eigenvalue weighted by atomic mass is 32.2. The third-order valence-electron chi connectivity index (χ3n) is 7.28. The maximum atomic E-state index is 13.7. The van der Waals surface area contributed by atoms with Crippen LogP contribution in [0.2, 0.25) is 0 Å². The van der Waals surface area contributed by atoms with Gasteiger partial charge in [-0.3, -0.25) is 9.59 Å². The minimum Gasteiger partial charge on any atom is -0.497 e. The predicted molar refractivity (Wildman–Crippen MR) is 167 cm³/mol. The summed E-state index contributed by atoms with van der Waals surface area (Å²) in [5.74, 6) is 2.23. The van der Waals surface area contributed by atoms with Gasteiger partial charge in [0.05, 0.1) is 51.8 Å². The third kappa shape index (κ3) is 6.86. The Kier molecular flexibility index (Phi) is 9.80. The molecule has 11 nitrogen and oxygen atoms in total. The normalized spacial score (nSPS) is 14.2. The molecule has 0 saturated carbocycles. The number of rotatable bonds is 12. The molecule has 2 heterocycles. The lowest BCUT2D eigenvalue weighted by molar-refractivity contribution is -0.130. The molecular formula is C32H34N6O5S. The zero-order valence-corrected chi connectivity index (χ0v) is 25.8. The van der Waals surface area contributed by atoms with Crippen molar-refractivity contribution in [2.45, 2.75) is 30.6 Å². The number of methoxy groups -OCH3 is 3. The summed E-state index contributed by atoms with van der Waals surface area (Å²) in [5, 5.41) is 18.2. The molecule has 0 fully saturated rings. The van der Waals surface area contributed by atoms with Crippen molar-refractivity contribution >= 4 is 29.3 Å². The zero-order valence-electron chi connectivity index (χ0n) is 25.0. The van der Waals surface area contributed by atoms with E-state index in [-0.39, 0.29) is 30.5 Å². The largest absolute Gasteiger partial charge is 0.497 e. The SMILES string of the molecule is COc1ccc(C2=NN(C(=O)CSc3nnc(CNC(=O)Cc4ccccc4)n3C)[C@H](c3cccc(OC)c3OC)C2)cc1. The van der Waals surface area contributed by atoms with E-state index < -0.39 is 6.04 Å². The lowest BCUT2D eigenvalue weighted by atomic mass is 9.97. The van der Waals surface area contributed by atoms with Gasteiger partial charge in [-0.05, 0) is 41.5 Å². The lowest BCUT2D eigenvalue weighted by Crippen LogP contribution is -2.29. The maximum absolute atomic E-state index is 13.7. The van der Waals surface area contributed by atoms with E-state index in [4.69, 9.17) is 19.3 Å². The predicted octanol–water partition coefficient (Wildman–Crippen LogP) is 4.17. The second-order valence-electron chi connectivity index (χ2n) is 10.0. The van der Waals surface area contributed by atoms with Crippen LogP contribution in [0.4, 0.5) is 0 Å². The number of carbonyl (C=O) groups excluding carboxylic acids is 2. The van der Waals surface area contributed by atoms with Crippen molar-refractivity contribution in [2.24, 2.45) is 12.1 Å². The Hall–Kier alpha value is -4.84. The van der Waals surface area contributed by atoms with Crippen molar-refractivity contribution in [1.29, 1.82) is 0 Å². The first-order valence-electron chi connectivity index (χ1n) is 14.0. The molecule has 0 bridgehead atoms. The minimum absolute atomic E-state index is 0.0779. The number of aromatic nitrogens is 3. The average Bonchev–Trinajstić information content (AvgIpc) is 3.66. The number of carbonyl (C=O) groups is 2. The summed E-state index contributed by atoms with van der Waals surface area (Å²) < 4.78 is 18.3. The molecule has 0 spiro atoms. The Labute approximate surface area is 260 Å². The van der Waals surface area contributed by atoms with E-state index in [9.17, 15) is 9.59 Å². The molecule has 12 heteroatoms. The first-order chi connectivity index (χ1) is 21.4. The van der Waals surface area contributed by atoms with Crippen LogP contribution in [-0.4, -0.2) is 64.4 Å². The molecule has 0 unspecified atom stereocenters. The molecule has 1 aliphatic heterocycles. The van der Waals surface area contributed by atoms with Crippen LogP contribution in [0.3, 0.4) is 0 Å². The summed E-state index contributed by atoms with van der Waals surface area (Å²) in [6, 6.07) is 22.4. The molecule has 1 aliphatic rings. The number of nitrogens with zero attached hydrogens (tertiary/aromatic N) is 5. The maximum Gasteiger partial charge on any atom is 0.253 e. The smallest absolute Gasteiger partial charge is 0.253 e. The fourth-order valence-electron chi connectivity index (χ4n) is 4.95. The van der Waals surface area contributed by atoms with Crippen molar-refractivity contribution < 1.29 is 23.8 Å². The first-order valence-corrected chi connectivity index (χ1v) is 15.0. The van der Waals surface area contributed by atoms with E-state index in [1.807, 2.05) is 79.8 Å². The Morgan fingerprint density at radius 3 is 2.41 bits per heavy atom. The number of ether oxygens (including phenoxy) is 3. The van der Waals surface area contributed by atoms with Gasteiger partial charge < -0.3 is 24.1 Å². The van der Waals surface area contributed by atoms with Crippen LogP contribution in [0.15, 0.2) is 83.1 Å². The number of para-hydroxylation sites is 1. The van der Waals surface area contributed by atoms with E-state index in [0.717, 1.165) is 28.2 Å². The molecular weight excluding hydrogens is 580 g/mol. The van der Waals surface area contributed by atoms with E-state index in [1.165, 1.54) is 16.8 Å². The van der Waals surface area contributed by atoms with Gasteiger partial charge in [0.1, 0.15) is 5.75 Å². The molecule has 3 aromatic carbocycles. The number of nitrogens with one attached hydrogen (secondary N) is 1. The molecule has 2 amide bonds. The van der Waals surface area contributed by atoms with Crippen LogP contribution >= 0.6 is 11.8 Å². The van der Waals surface area contributed by atoms with Crippen LogP contribution in [0, 0.1) is 0 Å². The molecule has 1 atom stereocenters. The lowest BCUT2D eigenvalue weighted by Gasteiger charge is -2.24. The molecule has 4 aromatic rings. The summed E-state index contributed by atoms with van der Waals surface area (Å²) in [4.78, 5) is 26.1. The molecule has 44 heavy (non-hydrogen) atoms. The van der Waals surface area contributed by atoms with Crippen molar-refractivity contribution in [1.82, 2.24) is 25.1 Å². The molecule has 5 rings (SSSR count). The van der Waals surface area contributed by atoms with Gasteiger partial charge >= 0.3 is 0 Å². The van der Waals surface area contributed by atoms with Crippen LogP contribution < -0.4 is 19.5 Å². The molecule has 228 valence electrons. The van der Waals surface area contributed by atoms with Crippen LogP contribution in [0.25, 0.3) is 0 Å². The zero-order chi connectivity index (χ0) is 31.1. The third-order valence-corrected chi connectivity index (χ3v) is 8.29. The highest BCUT2D eigenvalue weighted by molar-refractivity contribution is 7.99. The summed E-state index contributed by atoms with van der Waals surface area (Å²) >= 11 is 1.26. The van der Waals surface area contributed by atoms with Crippen LogP contribution in [0.1, 0.15) is 35.0 Å². The quantitative estimate of drug-likeness (QED) is 0.236. The van der Waals surface area contributed by atoms with E-state index >= 15 is 0 Å². The average molecular weight is 615 g/mol. The number of amides is 2. The van der Waals surface area contributed by atoms with Gasteiger partial charge in [0.25, 0.3) is 5.91 Å². The fraction of sp³-hybridized carbons (Fsp3) is 0.281. The molecule has 0 saturated heterocycles. The number of hydrogen-bond acceptors (Lipinski definition) is 9. The minimum atomic E-state index is -0.403. The number of thioether (sulfide) groups is 1. The Balaban J connectivity index is 1.30. The Morgan fingerprint density at radius 1 is 0.932 bits per heavy atom. The standard InChI is InChI=1S/C32H34N6O5S/c1-37-28(19-33-29(39)17-21-9-6-5-7-10-21)34-35-32(37)44-20-30(40)38-26(24-11-8-12-27(42-3)31(24)43-4)18-25(36-38)22-13-15-23(41-2)16-14-22/h5-16,26H,17-20H2,1-4H3,(H,33,39)/t26-/m0/s1. The van der Waals surface area contributed by atoms with E-state index in [0.29, 0.717) is 28.9 Å². The summed E-state index contributed by atoms with van der Waals surface area (Å²) in [7, 11) is 6.59. The number of hydrazone groups is 1. The molecule has 1 N–H and O–H groups in total.